The minimum Gasteiger partial charge on any atom is -0.315 e. The molecule has 1 aromatic rings. The van der Waals surface area contributed by atoms with Crippen LogP contribution in [0, 0.1) is 0 Å². The SMILES string of the molecule is C=NCCN1C(=O)N(OCc2ccccc2)CCC1C(=O)NOCC(C)NC. The van der Waals surface area contributed by atoms with Crippen LogP contribution in [0.2, 0.25) is 0 Å². The largest absolute Gasteiger partial charge is 0.344 e. The number of likely N-dealkylation sites (N-methyl/N-ethyl adjacent to an activating group) is 1. The molecular formula is C19H29N5O4. The van der Waals surface area contributed by atoms with Crippen LogP contribution in [0.3, 0.4) is 0 Å². The highest BCUT2D eigenvalue weighted by atomic mass is 16.7. The molecule has 0 radical (unpaired) electrons. The van der Waals surface area contributed by atoms with Gasteiger partial charge >= 0.3 is 6.03 Å². The molecule has 0 aromatic heterocycles. The van der Waals surface area contributed by atoms with Crippen molar-refractivity contribution in [2.75, 3.05) is 33.3 Å². The van der Waals surface area contributed by atoms with E-state index in [-0.39, 0.29) is 31.1 Å². The fourth-order valence-corrected chi connectivity index (χ4v) is 2.71. The molecule has 2 N–H and O–H groups in total. The van der Waals surface area contributed by atoms with Crippen molar-refractivity contribution >= 4 is 18.7 Å². The molecule has 9 nitrogen and oxygen atoms in total. The Morgan fingerprint density at radius 2 is 2.14 bits per heavy atom. The first kappa shape index (κ1) is 21.8. The monoisotopic (exact) mass is 391 g/mol. The summed E-state index contributed by atoms with van der Waals surface area (Å²) in [5.41, 5.74) is 3.40. The maximum Gasteiger partial charge on any atom is 0.344 e. The highest BCUT2D eigenvalue weighted by Crippen LogP contribution is 2.18. The molecule has 3 amide bonds. The summed E-state index contributed by atoms with van der Waals surface area (Å²) in [6.45, 7) is 6.91. The zero-order chi connectivity index (χ0) is 20.4. The number of nitrogens with zero attached hydrogens (tertiary/aromatic N) is 3. The molecule has 0 aliphatic carbocycles. The van der Waals surface area contributed by atoms with Crippen LogP contribution in [-0.2, 0) is 21.1 Å². The van der Waals surface area contributed by atoms with Gasteiger partial charge in [0.25, 0.3) is 5.91 Å². The molecule has 1 aromatic carbocycles. The average Bonchev–Trinajstić information content (AvgIpc) is 2.72. The fraction of sp³-hybridized carbons (Fsp3) is 0.526. The van der Waals surface area contributed by atoms with Gasteiger partial charge in [-0.3, -0.25) is 19.5 Å². The van der Waals surface area contributed by atoms with Gasteiger partial charge in [0.2, 0.25) is 0 Å². The average molecular weight is 391 g/mol. The lowest BCUT2D eigenvalue weighted by atomic mass is 10.1. The van der Waals surface area contributed by atoms with Crippen LogP contribution in [-0.4, -0.2) is 74.0 Å². The third-order valence-electron chi connectivity index (χ3n) is 4.47. The van der Waals surface area contributed by atoms with Gasteiger partial charge in [-0.2, -0.15) is 0 Å². The van der Waals surface area contributed by atoms with Gasteiger partial charge in [0, 0.05) is 12.6 Å². The Morgan fingerprint density at radius 1 is 1.39 bits per heavy atom. The molecule has 1 heterocycles. The first-order valence-electron chi connectivity index (χ1n) is 9.33. The molecule has 2 unspecified atom stereocenters. The molecule has 2 rings (SSSR count). The number of hydrogen-bond acceptors (Lipinski definition) is 6. The number of aliphatic imine (C=N–C) groups is 1. The number of urea groups is 1. The van der Waals surface area contributed by atoms with E-state index in [1.165, 1.54) is 9.96 Å². The topological polar surface area (TPSA) is 95.5 Å². The first-order valence-corrected chi connectivity index (χ1v) is 9.33. The summed E-state index contributed by atoms with van der Waals surface area (Å²) in [7, 11) is 1.81. The Labute approximate surface area is 165 Å². The molecule has 1 aliphatic heterocycles. The van der Waals surface area contributed by atoms with Crippen molar-refractivity contribution in [3.63, 3.8) is 0 Å². The molecule has 9 heteroatoms. The molecule has 154 valence electrons. The van der Waals surface area contributed by atoms with E-state index >= 15 is 0 Å². The Hall–Kier alpha value is -2.49. The second kappa shape index (κ2) is 11.4. The third-order valence-corrected chi connectivity index (χ3v) is 4.47. The van der Waals surface area contributed by atoms with Crippen LogP contribution >= 0.6 is 0 Å². The quantitative estimate of drug-likeness (QED) is 0.433. The van der Waals surface area contributed by atoms with Gasteiger partial charge in [-0.1, -0.05) is 30.3 Å². The summed E-state index contributed by atoms with van der Waals surface area (Å²) in [6, 6.07) is 8.67. The first-order chi connectivity index (χ1) is 13.6. The maximum atomic E-state index is 12.8. The minimum atomic E-state index is -0.643. The molecular weight excluding hydrogens is 362 g/mol. The second-order valence-corrected chi connectivity index (χ2v) is 6.56. The molecule has 28 heavy (non-hydrogen) atoms. The molecule has 2 atom stereocenters. The van der Waals surface area contributed by atoms with Crippen molar-refractivity contribution in [2.24, 2.45) is 4.99 Å². The number of hydroxylamine groups is 3. The van der Waals surface area contributed by atoms with Crippen LogP contribution in [0.5, 0.6) is 0 Å². The zero-order valence-corrected chi connectivity index (χ0v) is 16.5. The van der Waals surface area contributed by atoms with Gasteiger partial charge in [0.05, 0.1) is 19.7 Å². The van der Waals surface area contributed by atoms with Crippen LogP contribution in [0.25, 0.3) is 0 Å². The van der Waals surface area contributed by atoms with E-state index in [1.807, 2.05) is 44.3 Å². The van der Waals surface area contributed by atoms with Gasteiger partial charge in [0.15, 0.2) is 0 Å². The highest BCUT2D eigenvalue weighted by molar-refractivity contribution is 5.87. The Bertz CT molecular complexity index is 642. The Balaban J connectivity index is 1.94. The van der Waals surface area contributed by atoms with Gasteiger partial charge < -0.3 is 10.2 Å². The molecule has 0 spiro atoms. The lowest BCUT2D eigenvalue weighted by Crippen LogP contribution is -2.59. The van der Waals surface area contributed by atoms with Crippen molar-refractivity contribution in [1.82, 2.24) is 20.8 Å². The molecule has 0 saturated carbocycles. The van der Waals surface area contributed by atoms with E-state index in [1.54, 1.807) is 0 Å². The van der Waals surface area contributed by atoms with Crippen molar-refractivity contribution in [3.05, 3.63) is 35.9 Å². The van der Waals surface area contributed by atoms with E-state index in [0.717, 1.165) is 5.56 Å². The molecule has 1 aliphatic rings. The van der Waals surface area contributed by atoms with Crippen molar-refractivity contribution in [1.29, 1.82) is 0 Å². The molecule has 0 bridgehead atoms. The molecule has 1 fully saturated rings. The summed E-state index contributed by atoms with van der Waals surface area (Å²) in [4.78, 5) is 41.5. The second-order valence-electron chi connectivity index (χ2n) is 6.56. The van der Waals surface area contributed by atoms with Crippen LogP contribution in [0.1, 0.15) is 18.9 Å². The lowest BCUT2D eigenvalue weighted by Gasteiger charge is -2.39. The number of carbonyl (C=O) groups is 2. The van der Waals surface area contributed by atoms with Crippen molar-refractivity contribution in [3.8, 4) is 0 Å². The van der Waals surface area contributed by atoms with Gasteiger partial charge in [-0.25, -0.2) is 15.3 Å². The number of carbonyl (C=O) groups excluding carboxylic acids is 2. The third kappa shape index (κ3) is 6.29. The maximum absolute atomic E-state index is 12.8. The van der Waals surface area contributed by atoms with Gasteiger partial charge in [-0.05, 0) is 32.7 Å². The van der Waals surface area contributed by atoms with E-state index in [4.69, 9.17) is 9.68 Å². The number of benzene rings is 1. The van der Waals surface area contributed by atoms with E-state index in [2.05, 4.69) is 22.5 Å². The van der Waals surface area contributed by atoms with Crippen LogP contribution < -0.4 is 10.8 Å². The predicted octanol–water partition coefficient (Wildman–Crippen LogP) is 0.971. The number of nitrogens with one attached hydrogen (secondary N) is 2. The summed E-state index contributed by atoms with van der Waals surface area (Å²) < 4.78 is 0. The predicted molar refractivity (Wildman–Crippen MR) is 105 cm³/mol. The fourth-order valence-electron chi connectivity index (χ4n) is 2.71. The summed E-state index contributed by atoms with van der Waals surface area (Å²) in [6.07, 6.45) is 0.425. The summed E-state index contributed by atoms with van der Waals surface area (Å²) in [5.74, 6) is -0.358. The van der Waals surface area contributed by atoms with E-state index in [0.29, 0.717) is 26.1 Å². The number of amides is 3. The van der Waals surface area contributed by atoms with Crippen molar-refractivity contribution < 1.29 is 19.3 Å². The van der Waals surface area contributed by atoms with E-state index in [9.17, 15) is 9.59 Å². The Kier molecular flexibility index (Phi) is 8.86. The van der Waals surface area contributed by atoms with Gasteiger partial charge in [0.1, 0.15) is 12.6 Å². The smallest absolute Gasteiger partial charge is 0.315 e. The normalized spacial score (nSPS) is 18.1. The molecule has 1 saturated heterocycles. The van der Waals surface area contributed by atoms with Crippen LogP contribution in [0.15, 0.2) is 35.3 Å². The Morgan fingerprint density at radius 3 is 2.82 bits per heavy atom. The lowest BCUT2D eigenvalue weighted by molar-refractivity contribution is -0.161. The van der Waals surface area contributed by atoms with Crippen LogP contribution in [0.4, 0.5) is 4.79 Å². The van der Waals surface area contributed by atoms with E-state index < -0.39 is 6.04 Å². The number of hydrogen-bond donors (Lipinski definition) is 2. The summed E-state index contributed by atoms with van der Waals surface area (Å²) in [5, 5.41) is 4.31. The number of rotatable bonds is 11. The minimum absolute atomic E-state index is 0.0937. The highest BCUT2D eigenvalue weighted by Gasteiger charge is 2.38. The van der Waals surface area contributed by atoms with Crippen molar-refractivity contribution in [2.45, 2.75) is 32.0 Å². The summed E-state index contributed by atoms with van der Waals surface area (Å²) >= 11 is 0. The zero-order valence-electron chi connectivity index (χ0n) is 16.5. The standard InChI is InChI=1S/C19H29N5O4/c1-15(21-3)13-27-22-18(25)17-9-11-24(19(26)23(17)12-10-20-2)28-14-16-7-5-4-6-8-16/h4-8,15,17,21H,2,9-14H2,1,3H3,(H,22,25). The van der Waals surface area contributed by atoms with Gasteiger partial charge in [-0.15, -0.1) is 0 Å².